The Morgan fingerprint density at radius 2 is 2.04 bits per heavy atom. The molecule has 1 N–H and O–H groups in total. The first kappa shape index (κ1) is 15.4. The largest absolute Gasteiger partial charge is 0.454 e. The lowest BCUT2D eigenvalue weighted by molar-refractivity contribution is 0.174. The van der Waals surface area contributed by atoms with Crippen LogP contribution in [0.1, 0.15) is 11.1 Å². The van der Waals surface area contributed by atoms with Gasteiger partial charge in [-0.25, -0.2) is 4.98 Å². The van der Waals surface area contributed by atoms with Crippen molar-refractivity contribution in [3.05, 3.63) is 41.7 Å². The molecule has 0 bridgehead atoms. The van der Waals surface area contributed by atoms with E-state index in [2.05, 4.69) is 41.4 Å². The van der Waals surface area contributed by atoms with Gasteiger partial charge in [-0.15, -0.1) is 0 Å². The van der Waals surface area contributed by atoms with E-state index in [-0.39, 0.29) is 6.79 Å². The second-order valence-corrected chi connectivity index (χ2v) is 6.98. The maximum absolute atomic E-state index is 5.59. The molecule has 3 heterocycles. The van der Waals surface area contributed by atoms with Crippen LogP contribution in [0.3, 0.4) is 0 Å². The molecule has 0 saturated heterocycles. The van der Waals surface area contributed by atoms with Crippen LogP contribution < -0.4 is 14.8 Å². The van der Waals surface area contributed by atoms with Gasteiger partial charge in [0.2, 0.25) is 6.79 Å². The highest BCUT2D eigenvalue weighted by Crippen LogP contribution is 2.46. The van der Waals surface area contributed by atoms with Crippen molar-refractivity contribution >= 4 is 16.7 Å². The van der Waals surface area contributed by atoms with Crippen molar-refractivity contribution in [2.75, 3.05) is 39.3 Å². The Bertz CT molecular complexity index is 1020. The van der Waals surface area contributed by atoms with Crippen molar-refractivity contribution in [2.45, 2.75) is 6.42 Å². The lowest BCUT2D eigenvalue weighted by Gasteiger charge is -2.15. The highest BCUT2D eigenvalue weighted by atomic mass is 16.7. The second-order valence-electron chi connectivity index (χ2n) is 6.98. The number of fused-ring (bicyclic) bond motifs is 6. The Labute approximate surface area is 151 Å². The molecule has 0 radical (unpaired) electrons. The topological polar surface area (TPSA) is 59.5 Å². The van der Waals surface area contributed by atoms with Crippen molar-refractivity contribution in [3.63, 3.8) is 0 Å². The van der Waals surface area contributed by atoms with E-state index < -0.39 is 0 Å². The fraction of sp³-hybridized carbons (Fsp3) is 0.300. The monoisotopic (exact) mass is 348 g/mol. The Morgan fingerprint density at radius 3 is 2.88 bits per heavy atom. The molecular weight excluding hydrogens is 328 g/mol. The maximum atomic E-state index is 5.59. The normalized spacial score (nSPS) is 14.0. The van der Waals surface area contributed by atoms with E-state index in [1.54, 1.807) is 0 Å². The summed E-state index contributed by atoms with van der Waals surface area (Å²) in [5.74, 6) is 2.50. The molecular formula is C20H20N4O2. The Morgan fingerprint density at radius 1 is 1.19 bits per heavy atom. The summed E-state index contributed by atoms with van der Waals surface area (Å²) < 4.78 is 11.1. The highest BCUT2D eigenvalue weighted by molar-refractivity contribution is 6.02. The number of aromatic nitrogens is 2. The number of anilines is 1. The molecule has 0 saturated carbocycles. The van der Waals surface area contributed by atoms with Crippen molar-refractivity contribution in [1.82, 2.24) is 14.9 Å². The number of nitrogens with one attached hydrogen (secondary N) is 1. The van der Waals surface area contributed by atoms with Crippen LogP contribution in [0.5, 0.6) is 11.5 Å². The number of nitrogens with zero attached hydrogens (tertiary/aromatic N) is 3. The Kier molecular flexibility index (Phi) is 3.46. The summed E-state index contributed by atoms with van der Waals surface area (Å²) in [6, 6.07) is 6.13. The van der Waals surface area contributed by atoms with E-state index >= 15 is 0 Å². The zero-order valence-electron chi connectivity index (χ0n) is 14.9. The summed E-state index contributed by atoms with van der Waals surface area (Å²) in [4.78, 5) is 11.4. The van der Waals surface area contributed by atoms with E-state index in [0.29, 0.717) is 0 Å². The number of likely N-dealkylation sites (N-methyl/N-ethyl adjacent to an activating group) is 1. The number of rotatable bonds is 4. The zero-order valence-corrected chi connectivity index (χ0v) is 14.9. The Balaban J connectivity index is 1.70. The lowest BCUT2D eigenvalue weighted by Crippen LogP contribution is -2.21. The number of hydrogen-bond donors (Lipinski definition) is 1. The van der Waals surface area contributed by atoms with E-state index in [0.717, 1.165) is 47.7 Å². The van der Waals surface area contributed by atoms with Crippen LogP contribution in [0.15, 0.2) is 30.6 Å². The Hall–Kier alpha value is -2.86. The molecule has 26 heavy (non-hydrogen) atoms. The SMILES string of the molecule is CN(C)CCNc1nc2cc3c(cc2c2c1Cc1cnccc1-2)OCO3. The van der Waals surface area contributed by atoms with Gasteiger partial charge in [-0.1, -0.05) is 0 Å². The van der Waals surface area contributed by atoms with Crippen LogP contribution in [0, 0.1) is 0 Å². The van der Waals surface area contributed by atoms with Gasteiger partial charge in [0.1, 0.15) is 5.82 Å². The smallest absolute Gasteiger partial charge is 0.231 e. The molecule has 0 atom stereocenters. The van der Waals surface area contributed by atoms with Gasteiger partial charge in [-0.3, -0.25) is 4.98 Å². The second kappa shape index (κ2) is 5.85. The highest BCUT2D eigenvalue weighted by Gasteiger charge is 2.27. The molecule has 1 aliphatic carbocycles. The van der Waals surface area contributed by atoms with Gasteiger partial charge in [-0.05, 0) is 42.9 Å². The molecule has 0 spiro atoms. The van der Waals surface area contributed by atoms with Gasteiger partial charge in [0, 0.05) is 48.9 Å². The average Bonchev–Trinajstić information content (AvgIpc) is 3.23. The minimum Gasteiger partial charge on any atom is -0.454 e. The quantitative estimate of drug-likeness (QED) is 0.612. The van der Waals surface area contributed by atoms with Crippen LogP contribution in [0.4, 0.5) is 5.82 Å². The summed E-state index contributed by atoms with van der Waals surface area (Å²) in [5, 5.41) is 4.63. The molecule has 6 heteroatoms. The molecule has 0 fully saturated rings. The molecule has 6 nitrogen and oxygen atoms in total. The fourth-order valence-corrected chi connectivity index (χ4v) is 3.72. The van der Waals surface area contributed by atoms with Crippen LogP contribution in [-0.2, 0) is 6.42 Å². The molecule has 1 aromatic carbocycles. The summed E-state index contributed by atoms with van der Waals surface area (Å²) in [5.41, 5.74) is 5.86. The standard InChI is InChI=1S/C20H20N4O2/c1-24(2)6-5-22-20-15-7-12-10-21-4-3-13(12)19(15)14-8-17-18(26-11-25-17)9-16(14)23-20/h3-4,8-10H,5-7,11H2,1-2H3,(H,22,23). The predicted octanol–water partition coefficient (Wildman–Crippen LogP) is 2.90. The minimum atomic E-state index is 0.266. The minimum absolute atomic E-state index is 0.266. The molecule has 2 aliphatic rings. The fourth-order valence-electron chi connectivity index (χ4n) is 3.72. The zero-order chi connectivity index (χ0) is 17.7. The molecule has 3 aromatic rings. The average molecular weight is 348 g/mol. The van der Waals surface area contributed by atoms with Gasteiger partial charge >= 0.3 is 0 Å². The summed E-state index contributed by atoms with van der Waals surface area (Å²) in [7, 11) is 4.14. The van der Waals surface area contributed by atoms with Crippen molar-refractivity contribution < 1.29 is 9.47 Å². The molecule has 5 rings (SSSR count). The first-order chi connectivity index (χ1) is 12.7. The van der Waals surface area contributed by atoms with Crippen molar-refractivity contribution in [1.29, 1.82) is 0 Å². The molecule has 2 aromatic heterocycles. The third-order valence-electron chi connectivity index (χ3n) is 4.97. The summed E-state index contributed by atoms with van der Waals surface area (Å²) in [6.45, 7) is 2.06. The third-order valence-corrected chi connectivity index (χ3v) is 4.97. The van der Waals surface area contributed by atoms with Crippen LogP contribution in [0.25, 0.3) is 22.0 Å². The van der Waals surface area contributed by atoms with Gasteiger partial charge in [0.05, 0.1) is 5.52 Å². The number of hydrogen-bond acceptors (Lipinski definition) is 6. The van der Waals surface area contributed by atoms with E-state index in [9.17, 15) is 0 Å². The van der Waals surface area contributed by atoms with Crippen molar-refractivity contribution in [2.24, 2.45) is 0 Å². The number of pyridine rings is 2. The summed E-state index contributed by atoms with van der Waals surface area (Å²) >= 11 is 0. The molecule has 0 amide bonds. The van der Waals surface area contributed by atoms with Crippen LogP contribution >= 0.6 is 0 Å². The maximum Gasteiger partial charge on any atom is 0.231 e. The van der Waals surface area contributed by atoms with Crippen LogP contribution in [0.2, 0.25) is 0 Å². The van der Waals surface area contributed by atoms with E-state index in [4.69, 9.17) is 14.5 Å². The van der Waals surface area contributed by atoms with Crippen molar-refractivity contribution in [3.8, 4) is 22.6 Å². The first-order valence-corrected chi connectivity index (χ1v) is 8.79. The molecule has 1 aliphatic heterocycles. The lowest BCUT2D eigenvalue weighted by atomic mass is 10.0. The van der Waals surface area contributed by atoms with Gasteiger partial charge in [0.25, 0.3) is 0 Å². The van der Waals surface area contributed by atoms with Gasteiger partial charge in [0.15, 0.2) is 11.5 Å². The molecule has 132 valence electrons. The van der Waals surface area contributed by atoms with Gasteiger partial charge in [-0.2, -0.15) is 0 Å². The predicted molar refractivity (Wildman–Crippen MR) is 101 cm³/mol. The third kappa shape index (κ3) is 2.37. The summed E-state index contributed by atoms with van der Waals surface area (Å²) in [6.07, 6.45) is 4.66. The van der Waals surface area contributed by atoms with Crippen LogP contribution in [-0.4, -0.2) is 48.8 Å². The van der Waals surface area contributed by atoms with Gasteiger partial charge < -0.3 is 19.7 Å². The number of benzene rings is 1. The molecule has 0 unspecified atom stereocenters. The first-order valence-electron chi connectivity index (χ1n) is 8.79. The van der Waals surface area contributed by atoms with E-state index in [1.165, 1.54) is 22.3 Å². The van der Waals surface area contributed by atoms with E-state index in [1.807, 2.05) is 18.5 Å². The number of ether oxygens (including phenoxy) is 2.